The van der Waals surface area contributed by atoms with Crippen LogP contribution in [0.4, 0.5) is 0 Å². The molecule has 2 heterocycles. The van der Waals surface area contributed by atoms with Crippen LogP contribution in [0.2, 0.25) is 0 Å². The number of aromatic nitrogens is 2. The number of thioether (sulfide) groups is 1. The molecule has 0 radical (unpaired) electrons. The molecule has 3 rings (SSSR count). The van der Waals surface area contributed by atoms with Gasteiger partial charge in [0.05, 0.1) is 11.7 Å². The molecule has 2 fully saturated rings. The van der Waals surface area contributed by atoms with Gasteiger partial charge in [-0.3, -0.25) is 4.68 Å². The molecule has 3 nitrogen and oxygen atoms in total. The quantitative estimate of drug-likeness (QED) is 0.872. The van der Waals surface area contributed by atoms with E-state index in [0.29, 0.717) is 6.04 Å². The molecule has 1 aromatic rings. The Labute approximate surface area is 101 Å². The summed E-state index contributed by atoms with van der Waals surface area (Å²) >= 11 is 2.00. The summed E-state index contributed by atoms with van der Waals surface area (Å²) in [7, 11) is 0. The SMILES string of the molecule is Cc1nn(C2CSC2)c(C)c1CC1(N)CC1. The summed E-state index contributed by atoms with van der Waals surface area (Å²) in [6, 6.07) is 0.630. The molecule has 0 unspecified atom stereocenters. The summed E-state index contributed by atoms with van der Waals surface area (Å²) in [5.74, 6) is 2.43. The van der Waals surface area contributed by atoms with Crippen molar-refractivity contribution in [3.8, 4) is 0 Å². The van der Waals surface area contributed by atoms with Crippen LogP contribution in [0.1, 0.15) is 35.8 Å². The van der Waals surface area contributed by atoms with E-state index in [1.54, 1.807) is 0 Å². The molecule has 2 aliphatic rings. The van der Waals surface area contributed by atoms with Gasteiger partial charge in [0.15, 0.2) is 0 Å². The lowest BCUT2D eigenvalue weighted by Gasteiger charge is -2.26. The average Bonchev–Trinajstić information content (AvgIpc) is 2.82. The number of hydrogen-bond donors (Lipinski definition) is 1. The number of nitrogens with zero attached hydrogens (tertiary/aromatic N) is 2. The molecule has 0 spiro atoms. The van der Waals surface area contributed by atoms with Crippen LogP contribution in [0.3, 0.4) is 0 Å². The second-order valence-electron chi connectivity index (χ2n) is 5.32. The Bertz CT molecular complexity index is 416. The minimum absolute atomic E-state index is 0.0950. The van der Waals surface area contributed by atoms with Crippen molar-refractivity contribution in [2.75, 3.05) is 11.5 Å². The molecule has 0 aromatic carbocycles. The van der Waals surface area contributed by atoms with Crippen molar-refractivity contribution >= 4 is 11.8 Å². The first-order valence-corrected chi connectivity index (χ1v) is 7.16. The summed E-state index contributed by atoms with van der Waals surface area (Å²) in [6.07, 6.45) is 3.37. The van der Waals surface area contributed by atoms with Crippen molar-refractivity contribution in [3.05, 3.63) is 17.0 Å². The van der Waals surface area contributed by atoms with Gasteiger partial charge in [0.1, 0.15) is 0 Å². The Hall–Kier alpha value is -0.480. The zero-order chi connectivity index (χ0) is 11.3. The van der Waals surface area contributed by atoms with Gasteiger partial charge in [-0.05, 0) is 38.7 Å². The van der Waals surface area contributed by atoms with Crippen molar-refractivity contribution in [1.29, 1.82) is 0 Å². The first-order valence-electron chi connectivity index (χ1n) is 6.00. The highest BCUT2D eigenvalue weighted by Crippen LogP contribution is 2.38. The summed E-state index contributed by atoms with van der Waals surface area (Å²) in [4.78, 5) is 0. The van der Waals surface area contributed by atoms with Crippen LogP contribution in [-0.2, 0) is 6.42 Å². The predicted molar refractivity (Wildman–Crippen MR) is 67.9 cm³/mol. The largest absolute Gasteiger partial charge is 0.325 e. The fraction of sp³-hybridized carbons (Fsp3) is 0.750. The van der Waals surface area contributed by atoms with Crippen LogP contribution >= 0.6 is 11.8 Å². The van der Waals surface area contributed by atoms with E-state index in [1.807, 2.05) is 11.8 Å². The van der Waals surface area contributed by atoms with Crippen LogP contribution in [0, 0.1) is 13.8 Å². The minimum atomic E-state index is 0.0950. The van der Waals surface area contributed by atoms with Gasteiger partial charge in [0.2, 0.25) is 0 Å². The maximum absolute atomic E-state index is 6.21. The second kappa shape index (κ2) is 3.50. The third kappa shape index (κ3) is 1.68. The molecular weight excluding hydrogens is 218 g/mol. The monoisotopic (exact) mass is 237 g/mol. The highest BCUT2D eigenvalue weighted by Gasteiger charge is 2.39. The van der Waals surface area contributed by atoms with Crippen LogP contribution < -0.4 is 5.73 Å². The zero-order valence-electron chi connectivity index (χ0n) is 9.99. The Balaban J connectivity index is 1.88. The van der Waals surface area contributed by atoms with E-state index >= 15 is 0 Å². The molecular formula is C12H19N3S. The predicted octanol–water partition coefficient (Wildman–Crippen LogP) is 1.82. The molecule has 1 aromatic heterocycles. The van der Waals surface area contributed by atoms with Gasteiger partial charge in [-0.1, -0.05) is 0 Å². The second-order valence-corrected chi connectivity index (χ2v) is 6.40. The van der Waals surface area contributed by atoms with Gasteiger partial charge in [-0.15, -0.1) is 0 Å². The molecule has 2 N–H and O–H groups in total. The molecule has 1 saturated carbocycles. The fourth-order valence-corrected chi connectivity index (χ4v) is 3.09. The van der Waals surface area contributed by atoms with E-state index in [1.165, 1.54) is 41.3 Å². The number of hydrogen-bond acceptors (Lipinski definition) is 3. The molecule has 1 saturated heterocycles. The standard InChI is InChI=1S/C12H19N3S/c1-8-11(5-12(13)3-4-12)9(2)15(14-8)10-6-16-7-10/h10H,3-7,13H2,1-2H3. The summed E-state index contributed by atoms with van der Waals surface area (Å²) < 4.78 is 2.23. The first kappa shape index (κ1) is 10.7. The molecule has 1 aliphatic heterocycles. The van der Waals surface area contributed by atoms with Gasteiger partial charge in [0.25, 0.3) is 0 Å². The smallest absolute Gasteiger partial charge is 0.0703 e. The van der Waals surface area contributed by atoms with E-state index in [0.717, 1.165) is 6.42 Å². The van der Waals surface area contributed by atoms with Crippen molar-refractivity contribution < 1.29 is 0 Å². The highest BCUT2D eigenvalue weighted by molar-refractivity contribution is 8.00. The number of aryl methyl sites for hydroxylation is 1. The maximum Gasteiger partial charge on any atom is 0.0703 e. The first-order chi connectivity index (χ1) is 7.59. The van der Waals surface area contributed by atoms with Gasteiger partial charge in [0, 0.05) is 22.7 Å². The molecule has 0 amide bonds. The van der Waals surface area contributed by atoms with Gasteiger partial charge in [-0.2, -0.15) is 16.9 Å². The lowest BCUT2D eigenvalue weighted by molar-refractivity contribution is 0.510. The minimum Gasteiger partial charge on any atom is -0.325 e. The molecule has 88 valence electrons. The van der Waals surface area contributed by atoms with Crippen LogP contribution in [0.15, 0.2) is 0 Å². The lowest BCUT2D eigenvalue weighted by atomic mass is 10.0. The van der Waals surface area contributed by atoms with Crippen LogP contribution in [0.25, 0.3) is 0 Å². The maximum atomic E-state index is 6.21. The van der Waals surface area contributed by atoms with Crippen molar-refractivity contribution in [2.45, 2.75) is 44.7 Å². The lowest BCUT2D eigenvalue weighted by Crippen LogP contribution is -2.26. The number of rotatable bonds is 3. The number of nitrogens with two attached hydrogens (primary N) is 1. The van der Waals surface area contributed by atoms with Crippen molar-refractivity contribution in [1.82, 2.24) is 9.78 Å². The average molecular weight is 237 g/mol. The summed E-state index contributed by atoms with van der Waals surface area (Å²) in [5, 5.41) is 4.69. The molecule has 0 atom stereocenters. The third-order valence-electron chi connectivity index (χ3n) is 3.86. The molecule has 16 heavy (non-hydrogen) atoms. The van der Waals surface area contributed by atoms with Crippen LogP contribution in [0.5, 0.6) is 0 Å². The third-order valence-corrected chi connectivity index (χ3v) is 5.10. The normalized spacial score (nSPS) is 23.2. The van der Waals surface area contributed by atoms with E-state index in [4.69, 9.17) is 10.8 Å². The Kier molecular flexibility index (Phi) is 2.33. The Morgan fingerprint density at radius 1 is 1.44 bits per heavy atom. The highest BCUT2D eigenvalue weighted by atomic mass is 32.2. The summed E-state index contributed by atoms with van der Waals surface area (Å²) in [5.41, 5.74) is 10.2. The Morgan fingerprint density at radius 2 is 2.12 bits per heavy atom. The fourth-order valence-electron chi connectivity index (χ4n) is 2.36. The van der Waals surface area contributed by atoms with Crippen molar-refractivity contribution in [3.63, 3.8) is 0 Å². The van der Waals surface area contributed by atoms with Gasteiger partial charge < -0.3 is 5.73 Å². The Morgan fingerprint density at radius 3 is 2.62 bits per heavy atom. The molecule has 1 aliphatic carbocycles. The van der Waals surface area contributed by atoms with E-state index in [2.05, 4.69) is 18.5 Å². The van der Waals surface area contributed by atoms with E-state index in [9.17, 15) is 0 Å². The topological polar surface area (TPSA) is 43.8 Å². The summed E-state index contributed by atoms with van der Waals surface area (Å²) in [6.45, 7) is 4.32. The van der Waals surface area contributed by atoms with Crippen LogP contribution in [-0.4, -0.2) is 26.8 Å². The zero-order valence-corrected chi connectivity index (χ0v) is 10.8. The van der Waals surface area contributed by atoms with Crippen molar-refractivity contribution in [2.24, 2.45) is 5.73 Å². The van der Waals surface area contributed by atoms with E-state index in [-0.39, 0.29) is 5.54 Å². The van der Waals surface area contributed by atoms with E-state index < -0.39 is 0 Å². The molecule has 0 bridgehead atoms. The molecule has 4 heteroatoms. The van der Waals surface area contributed by atoms with Gasteiger partial charge >= 0.3 is 0 Å². The van der Waals surface area contributed by atoms with Gasteiger partial charge in [-0.25, -0.2) is 0 Å².